The maximum atomic E-state index is 13.9. The summed E-state index contributed by atoms with van der Waals surface area (Å²) in [6.07, 6.45) is 0.396. The SMILES string of the molecule is CCCC(CC)COc1cc(-n2c(C(F)F)nc3ccccc32)nc(N2CCOCC2)n1. The third-order valence-corrected chi connectivity index (χ3v) is 5.72. The van der Waals surface area contributed by atoms with Gasteiger partial charge in [-0.2, -0.15) is 9.97 Å². The molecule has 1 aromatic carbocycles. The smallest absolute Gasteiger partial charge is 0.296 e. The van der Waals surface area contributed by atoms with Crippen LogP contribution in [0.4, 0.5) is 14.7 Å². The van der Waals surface area contributed by atoms with Gasteiger partial charge >= 0.3 is 0 Å². The average molecular weight is 446 g/mol. The van der Waals surface area contributed by atoms with Crippen molar-refractivity contribution in [2.75, 3.05) is 37.8 Å². The van der Waals surface area contributed by atoms with E-state index in [-0.39, 0.29) is 5.82 Å². The van der Waals surface area contributed by atoms with Crippen molar-refractivity contribution >= 4 is 17.0 Å². The van der Waals surface area contributed by atoms with Crippen LogP contribution < -0.4 is 9.64 Å². The Balaban J connectivity index is 1.77. The van der Waals surface area contributed by atoms with Crippen molar-refractivity contribution in [3.05, 3.63) is 36.2 Å². The Labute approximate surface area is 186 Å². The van der Waals surface area contributed by atoms with Gasteiger partial charge in [-0.25, -0.2) is 13.8 Å². The van der Waals surface area contributed by atoms with Crippen LogP contribution in [0.15, 0.2) is 30.3 Å². The summed E-state index contributed by atoms with van der Waals surface area (Å²) in [5, 5.41) is 0. The minimum absolute atomic E-state index is 0.323. The molecule has 0 amide bonds. The number of fused-ring (bicyclic) bond motifs is 1. The number of rotatable bonds is 9. The van der Waals surface area contributed by atoms with Crippen LogP contribution in [0.25, 0.3) is 16.9 Å². The molecular formula is C23H29F2N5O2. The molecule has 1 unspecified atom stereocenters. The van der Waals surface area contributed by atoms with Crippen LogP contribution in [0.1, 0.15) is 45.4 Å². The summed E-state index contributed by atoms with van der Waals surface area (Å²) >= 11 is 0. The van der Waals surface area contributed by atoms with Gasteiger partial charge in [0.25, 0.3) is 6.43 Å². The first-order valence-corrected chi connectivity index (χ1v) is 11.2. The predicted molar refractivity (Wildman–Crippen MR) is 119 cm³/mol. The maximum Gasteiger partial charge on any atom is 0.296 e. The number of morpholine rings is 1. The van der Waals surface area contributed by atoms with Crippen molar-refractivity contribution in [3.8, 4) is 11.7 Å². The predicted octanol–water partition coefficient (Wildman–Crippen LogP) is 4.79. The van der Waals surface area contributed by atoms with Crippen molar-refractivity contribution in [2.45, 2.75) is 39.5 Å². The molecule has 3 aromatic rings. The van der Waals surface area contributed by atoms with Gasteiger partial charge in [-0.1, -0.05) is 38.8 Å². The molecule has 0 N–H and O–H groups in total. The number of anilines is 1. The zero-order valence-electron chi connectivity index (χ0n) is 18.5. The molecule has 0 spiro atoms. The lowest BCUT2D eigenvalue weighted by Crippen LogP contribution is -2.37. The second kappa shape index (κ2) is 10.2. The number of halogens is 2. The van der Waals surface area contributed by atoms with E-state index in [1.165, 1.54) is 4.57 Å². The fraction of sp³-hybridized carbons (Fsp3) is 0.522. The maximum absolute atomic E-state index is 13.9. The lowest BCUT2D eigenvalue weighted by molar-refractivity contribution is 0.122. The van der Waals surface area contributed by atoms with Crippen LogP contribution in [-0.4, -0.2) is 52.4 Å². The molecule has 1 aliphatic rings. The molecule has 0 bridgehead atoms. The van der Waals surface area contributed by atoms with Crippen LogP contribution in [0, 0.1) is 5.92 Å². The van der Waals surface area contributed by atoms with Crippen molar-refractivity contribution in [2.24, 2.45) is 5.92 Å². The number of aromatic nitrogens is 4. The van der Waals surface area contributed by atoms with E-state index < -0.39 is 6.43 Å². The first kappa shape index (κ1) is 22.4. The molecule has 32 heavy (non-hydrogen) atoms. The molecule has 0 radical (unpaired) electrons. The Hall–Kier alpha value is -2.81. The number of benzene rings is 1. The van der Waals surface area contributed by atoms with Gasteiger partial charge in [0, 0.05) is 19.2 Å². The zero-order valence-corrected chi connectivity index (χ0v) is 18.5. The standard InChI is InChI=1S/C23H29F2N5O2/c1-3-7-16(4-2)15-32-20-14-19(27-23(28-20)29-10-12-31-13-11-29)30-18-9-6-5-8-17(18)26-22(30)21(24)25/h5-6,8-9,14,16,21H,3-4,7,10-13,15H2,1-2H3. The first-order valence-electron chi connectivity index (χ1n) is 11.2. The zero-order chi connectivity index (χ0) is 22.5. The Morgan fingerprint density at radius 2 is 1.88 bits per heavy atom. The molecule has 7 nitrogen and oxygen atoms in total. The molecule has 3 heterocycles. The summed E-state index contributed by atoms with van der Waals surface area (Å²) in [5.41, 5.74) is 1.06. The van der Waals surface area contributed by atoms with Gasteiger partial charge in [-0.3, -0.25) is 4.57 Å². The molecule has 1 saturated heterocycles. The van der Waals surface area contributed by atoms with Gasteiger partial charge in [0.15, 0.2) is 5.82 Å². The summed E-state index contributed by atoms with van der Waals surface area (Å²) in [7, 11) is 0. The molecule has 0 aliphatic carbocycles. The van der Waals surface area contributed by atoms with Gasteiger partial charge in [-0.05, 0) is 24.5 Å². The molecule has 172 valence electrons. The molecule has 4 rings (SSSR count). The van der Waals surface area contributed by atoms with Gasteiger partial charge in [0.05, 0.1) is 30.9 Å². The van der Waals surface area contributed by atoms with Crippen LogP contribution in [0.5, 0.6) is 5.88 Å². The third-order valence-electron chi connectivity index (χ3n) is 5.72. The average Bonchev–Trinajstić information content (AvgIpc) is 3.22. The van der Waals surface area contributed by atoms with E-state index in [4.69, 9.17) is 9.47 Å². The van der Waals surface area contributed by atoms with Crippen LogP contribution in [0.2, 0.25) is 0 Å². The Morgan fingerprint density at radius 3 is 2.59 bits per heavy atom. The van der Waals surface area contributed by atoms with Gasteiger partial charge in [0.1, 0.15) is 5.82 Å². The minimum Gasteiger partial charge on any atom is -0.477 e. The molecule has 9 heteroatoms. The Morgan fingerprint density at radius 1 is 1.09 bits per heavy atom. The fourth-order valence-electron chi connectivity index (χ4n) is 3.94. The van der Waals surface area contributed by atoms with E-state index >= 15 is 0 Å². The topological polar surface area (TPSA) is 65.3 Å². The van der Waals surface area contributed by atoms with Gasteiger partial charge < -0.3 is 14.4 Å². The molecular weight excluding hydrogens is 416 g/mol. The van der Waals surface area contributed by atoms with E-state index in [9.17, 15) is 8.78 Å². The quantitative estimate of drug-likeness (QED) is 0.472. The second-order valence-electron chi connectivity index (χ2n) is 7.93. The number of nitrogens with zero attached hydrogens (tertiary/aromatic N) is 5. The van der Waals surface area contributed by atoms with E-state index in [1.54, 1.807) is 30.3 Å². The Bertz CT molecular complexity index is 1040. The summed E-state index contributed by atoms with van der Waals surface area (Å²) in [5.74, 6) is 1.22. The van der Waals surface area contributed by atoms with Crippen LogP contribution in [0.3, 0.4) is 0 Å². The first-order chi connectivity index (χ1) is 15.6. The normalized spacial score (nSPS) is 15.5. The fourth-order valence-corrected chi connectivity index (χ4v) is 3.94. The third kappa shape index (κ3) is 4.82. The minimum atomic E-state index is -2.75. The molecule has 1 atom stereocenters. The molecule has 2 aromatic heterocycles. The van der Waals surface area contributed by atoms with E-state index in [1.807, 2.05) is 4.90 Å². The number of hydrogen-bond acceptors (Lipinski definition) is 6. The molecule has 1 fully saturated rings. The molecule has 0 saturated carbocycles. The van der Waals surface area contributed by atoms with Gasteiger partial charge in [0.2, 0.25) is 11.8 Å². The van der Waals surface area contributed by atoms with E-state index in [0.717, 1.165) is 19.3 Å². The van der Waals surface area contributed by atoms with Crippen LogP contribution >= 0.6 is 0 Å². The lowest BCUT2D eigenvalue weighted by Gasteiger charge is -2.27. The highest BCUT2D eigenvalue weighted by atomic mass is 19.3. The largest absolute Gasteiger partial charge is 0.477 e. The van der Waals surface area contributed by atoms with E-state index in [0.29, 0.717) is 67.5 Å². The summed E-state index contributed by atoms with van der Waals surface area (Å²) in [6, 6.07) is 8.69. The summed E-state index contributed by atoms with van der Waals surface area (Å²) < 4.78 is 40.7. The second-order valence-corrected chi connectivity index (χ2v) is 7.93. The molecule has 1 aliphatic heterocycles. The monoisotopic (exact) mass is 445 g/mol. The van der Waals surface area contributed by atoms with E-state index in [2.05, 4.69) is 28.8 Å². The van der Waals surface area contributed by atoms with Crippen molar-refractivity contribution < 1.29 is 18.3 Å². The number of alkyl halides is 2. The number of hydrogen-bond donors (Lipinski definition) is 0. The summed E-state index contributed by atoms with van der Waals surface area (Å²) in [4.78, 5) is 15.4. The van der Waals surface area contributed by atoms with Crippen molar-refractivity contribution in [3.63, 3.8) is 0 Å². The van der Waals surface area contributed by atoms with Crippen molar-refractivity contribution in [1.29, 1.82) is 0 Å². The highest BCUT2D eigenvalue weighted by Crippen LogP contribution is 2.29. The number of ether oxygens (including phenoxy) is 2. The summed E-state index contributed by atoms with van der Waals surface area (Å²) in [6.45, 7) is 7.20. The van der Waals surface area contributed by atoms with Crippen LogP contribution in [-0.2, 0) is 4.74 Å². The Kier molecular flexibility index (Phi) is 7.14. The van der Waals surface area contributed by atoms with Crippen molar-refractivity contribution in [1.82, 2.24) is 19.5 Å². The lowest BCUT2D eigenvalue weighted by atomic mass is 10.0. The van der Waals surface area contributed by atoms with Gasteiger partial charge in [-0.15, -0.1) is 0 Å². The highest BCUT2D eigenvalue weighted by Gasteiger charge is 2.23. The number of imidazole rings is 1. The number of para-hydroxylation sites is 2. The highest BCUT2D eigenvalue weighted by molar-refractivity contribution is 5.78.